The summed E-state index contributed by atoms with van der Waals surface area (Å²) in [6, 6.07) is 5.13. The second-order valence-electron chi connectivity index (χ2n) is 4.06. The molecule has 1 aromatic heterocycles. The molecule has 2 aromatic rings. The fraction of sp³-hybridized carbons (Fsp3) is 0.286. The smallest absolute Gasteiger partial charge is 0.223 e. The van der Waals surface area contributed by atoms with Gasteiger partial charge in [-0.3, -0.25) is 0 Å². The monoisotopic (exact) mass is 291 g/mol. The summed E-state index contributed by atoms with van der Waals surface area (Å²) in [6.07, 6.45) is 0. The fourth-order valence-corrected chi connectivity index (χ4v) is 1.93. The molecule has 2 rings (SSSR count). The Morgan fingerprint density at radius 2 is 1.43 bits per heavy atom. The number of methoxy groups -OCH3 is 4. The predicted octanol–water partition coefficient (Wildman–Crippen LogP) is 1.76. The van der Waals surface area contributed by atoms with Gasteiger partial charge in [-0.05, 0) is 0 Å². The molecule has 112 valence electrons. The molecule has 2 N–H and O–H groups in total. The van der Waals surface area contributed by atoms with Gasteiger partial charge < -0.3 is 24.7 Å². The maximum atomic E-state index is 5.70. The summed E-state index contributed by atoms with van der Waals surface area (Å²) in [6.45, 7) is 0. The van der Waals surface area contributed by atoms with Gasteiger partial charge in [0.2, 0.25) is 11.8 Å². The number of benzene rings is 1. The van der Waals surface area contributed by atoms with Crippen molar-refractivity contribution in [2.75, 3.05) is 34.2 Å². The Morgan fingerprint density at radius 1 is 0.810 bits per heavy atom. The number of hydrogen-bond acceptors (Lipinski definition) is 7. The topological polar surface area (TPSA) is 88.7 Å². The number of anilines is 1. The third kappa shape index (κ3) is 2.91. The molecule has 0 spiro atoms. The highest BCUT2D eigenvalue weighted by molar-refractivity contribution is 5.76. The molecule has 0 aliphatic carbocycles. The summed E-state index contributed by atoms with van der Waals surface area (Å²) in [4.78, 5) is 8.17. The Bertz CT molecular complexity index is 621. The number of hydrogen-bond donors (Lipinski definition) is 1. The van der Waals surface area contributed by atoms with Crippen molar-refractivity contribution in [2.45, 2.75) is 0 Å². The molecule has 21 heavy (non-hydrogen) atoms. The van der Waals surface area contributed by atoms with E-state index in [9.17, 15) is 0 Å². The van der Waals surface area contributed by atoms with Crippen molar-refractivity contribution in [3.05, 3.63) is 18.2 Å². The van der Waals surface area contributed by atoms with Crippen LogP contribution in [0.25, 0.3) is 11.3 Å². The van der Waals surface area contributed by atoms with E-state index < -0.39 is 0 Å². The van der Waals surface area contributed by atoms with Crippen LogP contribution >= 0.6 is 0 Å². The van der Waals surface area contributed by atoms with E-state index in [1.807, 2.05) is 0 Å². The van der Waals surface area contributed by atoms with Crippen LogP contribution in [0.15, 0.2) is 18.2 Å². The van der Waals surface area contributed by atoms with Crippen LogP contribution in [0.3, 0.4) is 0 Å². The van der Waals surface area contributed by atoms with Crippen LogP contribution in [0, 0.1) is 0 Å². The molecule has 0 aliphatic heterocycles. The summed E-state index contributed by atoms with van der Waals surface area (Å²) >= 11 is 0. The molecule has 0 aliphatic rings. The van der Waals surface area contributed by atoms with Crippen molar-refractivity contribution < 1.29 is 18.9 Å². The highest BCUT2D eigenvalue weighted by Gasteiger charge is 2.18. The number of nitrogens with two attached hydrogens (primary N) is 1. The summed E-state index contributed by atoms with van der Waals surface area (Å²) in [5.74, 6) is 2.17. The van der Waals surface area contributed by atoms with E-state index in [4.69, 9.17) is 24.7 Å². The normalized spacial score (nSPS) is 10.1. The molecule has 0 saturated carbocycles. The minimum atomic E-state index is 0.101. The summed E-state index contributed by atoms with van der Waals surface area (Å²) in [5.41, 5.74) is 6.89. The fourth-order valence-electron chi connectivity index (χ4n) is 1.93. The van der Waals surface area contributed by atoms with Crippen molar-refractivity contribution in [1.82, 2.24) is 9.97 Å². The van der Waals surface area contributed by atoms with Gasteiger partial charge in [-0.2, -0.15) is 4.98 Å². The number of rotatable bonds is 5. The Morgan fingerprint density at radius 3 is 1.90 bits per heavy atom. The van der Waals surface area contributed by atoms with Crippen molar-refractivity contribution >= 4 is 5.95 Å². The molecule has 0 fully saturated rings. The van der Waals surface area contributed by atoms with Gasteiger partial charge in [-0.1, -0.05) is 0 Å². The van der Waals surface area contributed by atoms with E-state index >= 15 is 0 Å². The van der Waals surface area contributed by atoms with Gasteiger partial charge in [0.15, 0.2) is 0 Å². The molecule has 0 radical (unpaired) electrons. The zero-order valence-electron chi connectivity index (χ0n) is 12.3. The molecule has 1 heterocycles. The van der Waals surface area contributed by atoms with Crippen LogP contribution in [0.1, 0.15) is 0 Å². The van der Waals surface area contributed by atoms with Crippen LogP contribution in [0.4, 0.5) is 5.95 Å². The van der Waals surface area contributed by atoms with E-state index in [2.05, 4.69) is 9.97 Å². The van der Waals surface area contributed by atoms with Crippen LogP contribution in [-0.2, 0) is 0 Å². The first kappa shape index (κ1) is 14.7. The van der Waals surface area contributed by atoms with Gasteiger partial charge in [0.25, 0.3) is 0 Å². The molecule has 0 saturated heterocycles. The van der Waals surface area contributed by atoms with E-state index in [1.165, 1.54) is 7.11 Å². The van der Waals surface area contributed by atoms with Gasteiger partial charge in [0, 0.05) is 18.2 Å². The summed E-state index contributed by atoms with van der Waals surface area (Å²) < 4.78 is 21.1. The lowest BCUT2D eigenvalue weighted by Crippen LogP contribution is -2.01. The predicted molar refractivity (Wildman–Crippen MR) is 78.1 cm³/mol. The van der Waals surface area contributed by atoms with Gasteiger partial charge in [0.1, 0.15) is 17.2 Å². The Balaban J connectivity index is 2.69. The second-order valence-corrected chi connectivity index (χ2v) is 4.06. The molecule has 0 amide bonds. The maximum Gasteiger partial charge on any atom is 0.223 e. The van der Waals surface area contributed by atoms with Gasteiger partial charge >= 0.3 is 0 Å². The van der Waals surface area contributed by atoms with Crippen LogP contribution < -0.4 is 24.7 Å². The first-order valence-corrected chi connectivity index (χ1v) is 6.11. The van der Waals surface area contributed by atoms with Crippen LogP contribution in [-0.4, -0.2) is 38.4 Å². The Labute approximate surface area is 122 Å². The lowest BCUT2D eigenvalue weighted by atomic mass is 10.1. The van der Waals surface area contributed by atoms with Crippen LogP contribution in [0.5, 0.6) is 23.1 Å². The minimum absolute atomic E-state index is 0.101. The SMILES string of the molecule is COc1cc(OC)c(-c2cc(OC)nc(N)n2)c(OC)c1. The molecule has 0 unspecified atom stereocenters. The molecular formula is C14H17N3O4. The van der Waals surface area contributed by atoms with Gasteiger partial charge in [-0.15, -0.1) is 0 Å². The highest BCUT2D eigenvalue weighted by Crippen LogP contribution is 2.41. The molecule has 0 bridgehead atoms. The zero-order valence-corrected chi connectivity index (χ0v) is 12.3. The number of nitrogens with zero attached hydrogens (tertiary/aromatic N) is 2. The van der Waals surface area contributed by atoms with Crippen molar-refractivity contribution in [1.29, 1.82) is 0 Å². The molecule has 7 heteroatoms. The largest absolute Gasteiger partial charge is 0.496 e. The van der Waals surface area contributed by atoms with E-state index in [0.29, 0.717) is 34.4 Å². The number of aromatic nitrogens is 2. The molecule has 1 aromatic carbocycles. The number of ether oxygens (including phenoxy) is 4. The molecule has 7 nitrogen and oxygen atoms in total. The van der Waals surface area contributed by atoms with Crippen molar-refractivity contribution in [2.24, 2.45) is 0 Å². The standard InChI is InChI=1S/C14H17N3O4/c1-18-8-5-10(19-2)13(11(6-8)20-3)9-7-12(21-4)17-14(15)16-9/h5-7H,1-4H3,(H2,15,16,17). The van der Waals surface area contributed by atoms with Crippen molar-refractivity contribution in [3.63, 3.8) is 0 Å². The van der Waals surface area contributed by atoms with E-state index in [1.54, 1.807) is 39.5 Å². The minimum Gasteiger partial charge on any atom is -0.496 e. The summed E-state index contributed by atoms with van der Waals surface area (Å²) in [7, 11) is 6.19. The lowest BCUT2D eigenvalue weighted by Gasteiger charge is -2.15. The third-order valence-electron chi connectivity index (χ3n) is 2.90. The Kier molecular flexibility index (Phi) is 4.32. The number of nitrogen functional groups attached to an aromatic ring is 1. The van der Waals surface area contributed by atoms with Gasteiger partial charge in [0.05, 0.1) is 39.7 Å². The average molecular weight is 291 g/mol. The van der Waals surface area contributed by atoms with E-state index in [0.717, 1.165) is 0 Å². The van der Waals surface area contributed by atoms with Gasteiger partial charge in [-0.25, -0.2) is 4.98 Å². The average Bonchev–Trinajstić information content (AvgIpc) is 2.52. The Hall–Kier alpha value is -2.70. The zero-order chi connectivity index (χ0) is 15.4. The second kappa shape index (κ2) is 6.17. The third-order valence-corrected chi connectivity index (χ3v) is 2.90. The first-order chi connectivity index (χ1) is 10.1. The van der Waals surface area contributed by atoms with Crippen molar-refractivity contribution in [3.8, 4) is 34.4 Å². The first-order valence-electron chi connectivity index (χ1n) is 6.11. The molecular weight excluding hydrogens is 274 g/mol. The lowest BCUT2D eigenvalue weighted by molar-refractivity contribution is 0.377. The quantitative estimate of drug-likeness (QED) is 0.897. The van der Waals surface area contributed by atoms with Crippen LogP contribution in [0.2, 0.25) is 0 Å². The maximum absolute atomic E-state index is 5.70. The van der Waals surface area contributed by atoms with E-state index in [-0.39, 0.29) is 5.95 Å². The molecule has 0 atom stereocenters. The highest BCUT2D eigenvalue weighted by atomic mass is 16.5. The summed E-state index contributed by atoms with van der Waals surface area (Å²) in [5, 5.41) is 0.